The number of hydrogen-bond acceptors (Lipinski definition) is 2. The van der Waals surface area contributed by atoms with Gasteiger partial charge in [-0.05, 0) is 23.3 Å². The van der Waals surface area contributed by atoms with E-state index in [-0.39, 0.29) is 0 Å². The summed E-state index contributed by atoms with van der Waals surface area (Å²) >= 11 is 0. The molecule has 24 heavy (non-hydrogen) atoms. The van der Waals surface area contributed by atoms with Gasteiger partial charge in [0.05, 0.1) is 17.9 Å². The Bertz CT molecular complexity index is 872. The number of nitrogens with zero attached hydrogens (tertiary/aromatic N) is 2. The van der Waals surface area contributed by atoms with E-state index >= 15 is 0 Å². The Balaban J connectivity index is 1.68. The molecule has 0 atom stereocenters. The lowest BCUT2D eigenvalue weighted by atomic mass is 10.1. The van der Waals surface area contributed by atoms with Crippen molar-refractivity contribution in [2.24, 2.45) is 0 Å². The fourth-order valence-corrected chi connectivity index (χ4v) is 2.87. The Morgan fingerprint density at radius 2 is 1.50 bits per heavy atom. The van der Waals surface area contributed by atoms with Gasteiger partial charge in [0.25, 0.3) is 0 Å². The van der Waals surface area contributed by atoms with E-state index in [0.717, 1.165) is 29.8 Å². The summed E-state index contributed by atoms with van der Waals surface area (Å²) < 4.78 is 0. The van der Waals surface area contributed by atoms with Crippen molar-refractivity contribution in [2.75, 3.05) is 4.90 Å². The predicted molar refractivity (Wildman–Crippen MR) is 97.7 cm³/mol. The van der Waals surface area contributed by atoms with E-state index in [9.17, 15) is 0 Å². The average Bonchev–Trinajstić information content (AvgIpc) is 3.11. The van der Waals surface area contributed by atoms with Gasteiger partial charge in [0.1, 0.15) is 5.82 Å². The molecule has 0 aliphatic carbocycles. The first kappa shape index (κ1) is 14.5. The van der Waals surface area contributed by atoms with Crippen molar-refractivity contribution in [1.82, 2.24) is 9.97 Å². The van der Waals surface area contributed by atoms with Crippen LogP contribution >= 0.6 is 0 Å². The quantitative estimate of drug-likeness (QED) is 0.585. The van der Waals surface area contributed by atoms with Crippen molar-refractivity contribution in [3.05, 3.63) is 96.3 Å². The SMILES string of the molecule is [c]1cc2cc(N(Cc3ccccc3)Cc3ccccc3)ncc2[nH]1. The lowest BCUT2D eigenvalue weighted by molar-refractivity contribution is 0.785. The second-order valence-electron chi connectivity index (χ2n) is 5.87. The Labute approximate surface area is 141 Å². The van der Waals surface area contributed by atoms with Crippen LogP contribution in [-0.2, 0) is 13.1 Å². The van der Waals surface area contributed by atoms with Crippen LogP contribution in [0.2, 0.25) is 0 Å². The second kappa shape index (κ2) is 6.59. The van der Waals surface area contributed by atoms with E-state index in [1.807, 2.05) is 24.4 Å². The number of aromatic amines is 1. The highest BCUT2D eigenvalue weighted by molar-refractivity contribution is 5.80. The number of rotatable bonds is 5. The highest BCUT2D eigenvalue weighted by Gasteiger charge is 2.11. The van der Waals surface area contributed by atoms with Crippen LogP contribution in [0.5, 0.6) is 0 Å². The van der Waals surface area contributed by atoms with Crippen LogP contribution in [0.3, 0.4) is 0 Å². The highest BCUT2D eigenvalue weighted by Crippen LogP contribution is 2.22. The molecule has 2 heterocycles. The molecule has 117 valence electrons. The Hall–Kier alpha value is -3.07. The number of benzene rings is 2. The average molecular weight is 312 g/mol. The molecule has 0 unspecified atom stereocenters. The zero-order valence-electron chi connectivity index (χ0n) is 13.3. The smallest absolute Gasteiger partial charge is 0.129 e. The lowest BCUT2D eigenvalue weighted by Crippen LogP contribution is -2.23. The second-order valence-corrected chi connectivity index (χ2v) is 5.87. The molecule has 3 nitrogen and oxygen atoms in total. The molecule has 3 heteroatoms. The Morgan fingerprint density at radius 1 is 0.875 bits per heavy atom. The standard InChI is InChI=1S/C21H18N3/c1-3-7-17(8-4-1)15-24(16-18-9-5-2-6-10-18)21-13-19-11-12-22-20(19)14-23-21/h1-11,13-14,22H,15-16H2. The molecule has 4 rings (SSSR count). The van der Waals surface area contributed by atoms with Gasteiger partial charge in [0.2, 0.25) is 0 Å². The summed E-state index contributed by atoms with van der Waals surface area (Å²) in [6, 6.07) is 25.1. The normalized spacial score (nSPS) is 10.8. The molecule has 0 aliphatic rings. The molecular weight excluding hydrogens is 294 g/mol. The third-order valence-corrected chi connectivity index (χ3v) is 4.11. The third-order valence-electron chi connectivity index (χ3n) is 4.11. The Kier molecular flexibility index (Phi) is 3.98. The molecule has 0 aliphatic heterocycles. The van der Waals surface area contributed by atoms with Gasteiger partial charge in [-0.1, -0.05) is 60.7 Å². The van der Waals surface area contributed by atoms with Gasteiger partial charge in [-0.3, -0.25) is 0 Å². The third kappa shape index (κ3) is 3.15. The van der Waals surface area contributed by atoms with Crippen LogP contribution in [0, 0.1) is 6.20 Å². The number of hydrogen-bond donors (Lipinski definition) is 1. The monoisotopic (exact) mass is 312 g/mol. The fraction of sp³-hybridized carbons (Fsp3) is 0.0952. The van der Waals surface area contributed by atoms with E-state index in [0.29, 0.717) is 0 Å². The summed E-state index contributed by atoms with van der Waals surface area (Å²) in [5.74, 6) is 0.975. The van der Waals surface area contributed by atoms with Gasteiger partial charge < -0.3 is 9.88 Å². The van der Waals surface area contributed by atoms with E-state index < -0.39 is 0 Å². The van der Waals surface area contributed by atoms with Crippen LogP contribution in [0.1, 0.15) is 11.1 Å². The van der Waals surface area contributed by atoms with Crippen LogP contribution in [0.15, 0.2) is 79.0 Å². The minimum Gasteiger partial charge on any atom is -0.352 e. The summed E-state index contributed by atoms with van der Waals surface area (Å²) in [6.07, 6.45) is 4.90. The molecule has 1 N–H and O–H groups in total. The summed E-state index contributed by atoms with van der Waals surface area (Å²) in [5, 5.41) is 1.13. The van der Waals surface area contributed by atoms with Crippen molar-refractivity contribution in [3.8, 4) is 0 Å². The van der Waals surface area contributed by atoms with E-state index in [1.165, 1.54) is 11.1 Å². The molecule has 1 radical (unpaired) electrons. The summed E-state index contributed by atoms with van der Waals surface area (Å²) in [7, 11) is 0. The highest BCUT2D eigenvalue weighted by atomic mass is 15.2. The van der Waals surface area contributed by atoms with Gasteiger partial charge in [-0.2, -0.15) is 0 Å². The molecule has 0 spiro atoms. The van der Waals surface area contributed by atoms with Gasteiger partial charge in [0.15, 0.2) is 0 Å². The van der Waals surface area contributed by atoms with Crippen molar-refractivity contribution < 1.29 is 0 Å². The number of anilines is 1. The first-order valence-electron chi connectivity index (χ1n) is 8.06. The molecule has 0 bridgehead atoms. The molecule has 4 aromatic rings. The molecule has 2 aromatic heterocycles. The summed E-state index contributed by atoms with van der Waals surface area (Å²) in [4.78, 5) is 10.0. The lowest BCUT2D eigenvalue weighted by Gasteiger charge is -2.24. The minimum atomic E-state index is 0.822. The topological polar surface area (TPSA) is 31.9 Å². The first-order chi connectivity index (χ1) is 11.9. The van der Waals surface area contributed by atoms with Gasteiger partial charge in [-0.15, -0.1) is 0 Å². The number of H-pyrrole nitrogens is 1. The van der Waals surface area contributed by atoms with Crippen LogP contribution < -0.4 is 4.90 Å². The molecule has 0 amide bonds. The maximum absolute atomic E-state index is 4.65. The van der Waals surface area contributed by atoms with E-state index in [2.05, 4.69) is 75.7 Å². The molecule has 0 saturated heterocycles. The van der Waals surface area contributed by atoms with Crippen molar-refractivity contribution >= 4 is 16.7 Å². The summed E-state index contributed by atoms with van der Waals surface area (Å²) in [6.45, 7) is 1.64. The zero-order valence-corrected chi connectivity index (χ0v) is 13.3. The van der Waals surface area contributed by atoms with E-state index in [1.54, 1.807) is 0 Å². The zero-order chi connectivity index (χ0) is 16.2. The van der Waals surface area contributed by atoms with Crippen LogP contribution in [0.25, 0.3) is 10.9 Å². The number of nitrogens with one attached hydrogen (secondary N) is 1. The molecule has 0 saturated carbocycles. The van der Waals surface area contributed by atoms with Crippen LogP contribution in [0.4, 0.5) is 5.82 Å². The maximum atomic E-state index is 4.65. The van der Waals surface area contributed by atoms with Crippen molar-refractivity contribution in [1.29, 1.82) is 0 Å². The van der Waals surface area contributed by atoms with Crippen LogP contribution in [-0.4, -0.2) is 9.97 Å². The van der Waals surface area contributed by atoms with Gasteiger partial charge >= 0.3 is 0 Å². The number of pyridine rings is 1. The molecule has 2 aromatic carbocycles. The largest absolute Gasteiger partial charge is 0.352 e. The maximum Gasteiger partial charge on any atom is 0.129 e. The van der Waals surface area contributed by atoms with Gasteiger partial charge in [-0.25, -0.2) is 4.98 Å². The number of aromatic nitrogens is 2. The molecule has 0 fully saturated rings. The molecular formula is C21H18N3. The minimum absolute atomic E-state index is 0.822. The Morgan fingerprint density at radius 3 is 2.12 bits per heavy atom. The predicted octanol–water partition coefficient (Wildman–Crippen LogP) is 4.57. The summed E-state index contributed by atoms with van der Waals surface area (Å²) in [5.41, 5.74) is 3.56. The first-order valence-corrected chi connectivity index (χ1v) is 8.06. The van der Waals surface area contributed by atoms with Crippen molar-refractivity contribution in [3.63, 3.8) is 0 Å². The van der Waals surface area contributed by atoms with Crippen molar-refractivity contribution in [2.45, 2.75) is 13.1 Å². The fourth-order valence-electron chi connectivity index (χ4n) is 2.87. The van der Waals surface area contributed by atoms with E-state index in [4.69, 9.17) is 0 Å². The van der Waals surface area contributed by atoms with Gasteiger partial charge in [0, 0.05) is 18.5 Å². The number of fused-ring (bicyclic) bond motifs is 1.